The molecule has 0 unspecified atom stereocenters. The van der Waals surface area contributed by atoms with Gasteiger partial charge in [-0.05, 0) is 48.1 Å². The number of aryl methyl sites for hydroxylation is 1. The Morgan fingerprint density at radius 2 is 1.89 bits per heavy atom. The predicted octanol–water partition coefficient (Wildman–Crippen LogP) is 3.62. The van der Waals surface area contributed by atoms with Crippen molar-refractivity contribution >= 4 is 22.7 Å². The highest BCUT2D eigenvalue weighted by Gasteiger charge is 2.39. The van der Waals surface area contributed by atoms with Crippen LogP contribution in [0.4, 0.5) is 11.6 Å². The van der Waals surface area contributed by atoms with Crippen molar-refractivity contribution in [2.75, 3.05) is 5.32 Å². The molecule has 1 saturated carbocycles. The third-order valence-electron chi connectivity index (χ3n) is 5.18. The molecular weight excluding hydrogens is 338 g/mol. The van der Waals surface area contributed by atoms with Crippen LogP contribution in [-0.4, -0.2) is 29.9 Å². The normalized spacial score (nSPS) is 15.0. The molecule has 0 bridgehead atoms. The SMILES string of the molecule is Cn1cc(-c2cnc3ccc(Nc4cc(C5(C)CC5)cnn4)nc3c2)cn1. The van der Waals surface area contributed by atoms with Gasteiger partial charge in [-0.15, -0.1) is 5.10 Å². The number of fused-ring (bicyclic) bond motifs is 1. The van der Waals surface area contributed by atoms with Crippen LogP contribution in [-0.2, 0) is 12.5 Å². The average molecular weight is 357 g/mol. The molecule has 7 nitrogen and oxygen atoms in total. The number of anilines is 2. The minimum atomic E-state index is 0.256. The standard InChI is InChI=1S/C20H19N7/c1-20(5-6-20)15-8-19(26-22-11-15)25-18-4-3-16-17(24-18)7-13(9-21-16)14-10-23-27(2)12-14/h3-4,7-12H,5-6H2,1-2H3,(H,24,25,26). The fourth-order valence-corrected chi connectivity index (χ4v) is 3.17. The molecule has 0 aliphatic heterocycles. The highest BCUT2D eigenvalue weighted by Crippen LogP contribution is 2.47. The van der Waals surface area contributed by atoms with Gasteiger partial charge in [0, 0.05) is 30.6 Å². The molecule has 5 rings (SSSR count). The number of nitrogens with zero attached hydrogens (tertiary/aromatic N) is 6. The van der Waals surface area contributed by atoms with Crippen molar-refractivity contribution < 1.29 is 0 Å². The van der Waals surface area contributed by atoms with Crippen LogP contribution in [0.3, 0.4) is 0 Å². The Morgan fingerprint density at radius 3 is 2.67 bits per heavy atom. The van der Waals surface area contributed by atoms with Gasteiger partial charge in [0.2, 0.25) is 0 Å². The van der Waals surface area contributed by atoms with E-state index in [2.05, 4.69) is 38.6 Å². The van der Waals surface area contributed by atoms with E-state index in [0.717, 1.165) is 28.0 Å². The van der Waals surface area contributed by atoms with Crippen molar-refractivity contribution in [3.8, 4) is 11.1 Å². The summed E-state index contributed by atoms with van der Waals surface area (Å²) in [5, 5.41) is 15.8. The summed E-state index contributed by atoms with van der Waals surface area (Å²) >= 11 is 0. The van der Waals surface area contributed by atoms with Crippen LogP contribution in [0.1, 0.15) is 25.3 Å². The summed E-state index contributed by atoms with van der Waals surface area (Å²) in [5.41, 5.74) is 5.15. The van der Waals surface area contributed by atoms with E-state index in [0.29, 0.717) is 5.82 Å². The molecule has 0 aromatic carbocycles. The van der Waals surface area contributed by atoms with E-state index >= 15 is 0 Å². The highest BCUT2D eigenvalue weighted by atomic mass is 15.2. The molecule has 27 heavy (non-hydrogen) atoms. The fraction of sp³-hybridized carbons (Fsp3) is 0.250. The Kier molecular flexibility index (Phi) is 3.43. The zero-order valence-corrected chi connectivity index (χ0v) is 15.2. The summed E-state index contributed by atoms with van der Waals surface area (Å²) < 4.78 is 1.77. The Bertz CT molecular complexity index is 1140. The number of aromatic nitrogens is 6. The van der Waals surface area contributed by atoms with E-state index in [9.17, 15) is 0 Å². The molecule has 134 valence electrons. The first-order valence-electron chi connectivity index (χ1n) is 8.95. The van der Waals surface area contributed by atoms with Crippen molar-refractivity contribution in [3.63, 3.8) is 0 Å². The second kappa shape index (κ2) is 5.84. The van der Waals surface area contributed by atoms with E-state index in [1.54, 1.807) is 4.68 Å². The monoisotopic (exact) mass is 357 g/mol. The van der Waals surface area contributed by atoms with Gasteiger partial charge in [0.05, 0.1) is 23.4 Å². The predicted molar refractivity (Wildman–Crippen MR) is 104 cm³/mol. The van der Waals surface area contributed by atoms with Crippen LogP contribution in [0.5, 0.6) is 0 Å². The molecule has 1 fully saturated rings. The lowest BCUT2D eigenvalue weighted by Crippen LogP contribution is -2.04. The molecule has 1 N–H and O–H groups in total. The van der Waals surface area contributed by atoms with Gasteiger partial charge in [-0.3, -0.25) is 9.67 Å². The van der Waals surface area contributed by atoms with Gasteiger partial charge in [-0.2, -0.15) is 10.2 Å². The maximum absolute atomic E-state index is 4.70. The lowest BCUT2D eigenvalue weighted by molar-refractivity contribution is 0.768. The average Bonchev–Trinajstić information content (AvgIpc) is 3.29. The largest absolute Gasteiger partial charge is 0.323 e. The second-order valence-corrected chi connectivity index (χ2v) is 7.38. The van der Waals surface area contributed by atoms with Gasteiger partial charge >= 0.3 is 0 Å². The van der Waals surface area contributed by atoms with Gasteiger partial charge in [-0.25, -0.2) is 4.98 Å². The highest BCUT2D eigenvalue weighted by molar-refractivity contribution is 5.81. The van der Waals surface area contributed by atoms with Crippen LogP contribution < -0.4 is 5.32 Å². The molecule has 0 saturated heterocycles. The van der Waals surface area contributed by atoms with E-state index in [1.165, 1.54) is 18.4 Å². The van der Waals surface area contributed by atoms with Gasteiger partial charge in [0.25, 0.3) is 0 Å². The van der Waals surface area contributed by atoms with Crippen LogP contribution in [0, 0.1) is 0 Å². The number of hydrogen-bond acceptors (Lipinski definition) is 6. The van der Waals surface area contributed by atoms with Crippen LogP contribution in [0.25, 0.3) is 22.2 Å². The smallest absolute Gasteiger partial charge is 0.154 e. The lowest BCUT2D eigenvalue weighted by atomic mass is 10.0. The van der Waals surface area contributed by atoms with Crippen molar-refractivity contribution in [1.82, 2.24) is 29.9 Å². The van der Waals surface area contributed by atoms with E-state index < -0.39 is 0 Å². The Balaban J connectivity index is 1.47. The van der Waals surface area contributed by atoms with Crippen LogP contribution >= 0.6 is 0 Å². The summed E-state index contributed by atoms with van der Waals surface area (Å²) in [4.78, 5) is 9.22. The zero-order chi connectivity index (χ0) is 18.4. The van der Waals surface area contributed by atoms with E-state index in [1.807, 2.05) is 50.0 Å². The first kappa shape index (κ1) is 15.9. The third-order valence-corrected chi connectivity index (χ3v) is 5.18. The minimum absolute atomic E-state index is 0.256. The number of rotatable bonds is 4. The van der Waals surface area contributed by atoms with Gasteiger partial charge < -0.3 is 5.32 Å². The summed E-state index contributed by atoms with van der Waals surface area (Å²) in [6, 6.07) is 7.96. The molecule has 0 amide bonds. The third kappa shape index (κ3) is 3.01. The summed E-state index contributed by atoms with van der Waals surface area (Å²) in [7, 11) is 1.90. The molecule has 0 atom stereocenters. The van der Waals surface area contributed by atoms with Gasteiger partial charge in [0.15, 0.2) is 5.82 Å². The quantitative estimate of drug-likeness (QED) is 0.601. The molecule has 4 aromatic heterocycles. The molecular formula is C20H19N7. The van der Waals surface area contributed by atoms with Crippen molar-refractivity contribution in [2.45, 2.75) is 25.2 Å². The van der Waals surface area contributed by atoms with Crippen LogP contribution in [0.2, 0.25) is 0 Å². The molecule has 1 aliphatic carbocycles. The Hall–Kier alpha value is -3.35. The van der Waals surface area contributed by atoms with Crippen molar-refractivity contribution in [1.29, 1.82) is 0 Å². The second-order valence-electron chi connectivity index (χ2n) is 7.38. The molecule has 4 heterocycles. The van der Waals surface area contributed by atoms with Gasteiger partial charge in [-0.1, -0.05) is 6.92 Å². The molecule has 0 radical (unpaired) electrons. The topological polar surface area (TPSA) is 81.4 Å². The van der Waals surface area contributed by atoms with Crippen molar-refractivity contribution in [3.05, 3.63) is 54.6 Å². The molecule has 0 spiro atoms. The van der Waals surface area contributed by atoms with Gasteiger partial charge in [0.1, 0.15) is 5.82 Å². The van der Waals surface area contributed by atoms with E-state index in [-0.39, 0.29) is 5.41 Å². The zero-order valence-electron chi connectivity index (χ0n) is 15.2. The number of hydrogen-bond donors (Lipinski definition) is 1. The first-order valence-corrected chi connectivity index (χ1v) is 8.95. The lowest BCUT2D eigenvalue weighted by Gasteiger charge is -2.10. The first-order chi connectivity index (χ1) is 13.1. The maximum atomic E-state index is 4.70. The Morgan fingerprint density at radius 1 is 1.00 bits per heavy atom. The van der Waals surface area contributed by atoms with E-state index in [4.69, 9.17) is 4.98 Å². The summed E-state index contributed by atoms with van der Waals surface area (Å²) in [6.07, 6.45) is 9.90. The Labute approximate surface area is 156 Å². The molecule has 7 heteroatoms. The number of pyridine rings is 2. The minimum Gasteiger partial charge on any atom is -0.323 e. The summed E-state index contributed by atoms with van der Waals surface area (Å²) in [5.74, 6) is 1.43. The molecule has 1 aliphatic rings. The maximum Gasteiger partial charge on any atom is 0.154 e. The van der Waals surface area contributed by atoms with Crippen LogP contribution in [0.15, 0.2) is 49.1 Å². The van der Waals surface area contributed by atoms with Crippen molar-refractivity contribution in [2.24, 2.45) is 7.05 Å². The molecule has 4 aromatic rings. The summed E-state index contributed by atoms with van der Waals surface area (Å²) in [6.45, 7) is 2.26. The fourth-order valence-electron chi connectivity index (χ4n) is 3.17. The number of nitrogens with one attached hydrogen (secondary N) is 1.